The number of carboxylic acids is 1. The van der Waals surface area contributed by atoms with E-state index in [2.05, 4.69) is 6.92 Å². The summed E-state index contributed by atoms with van der Waals surface area (Å²) in [6.45, 7) is 6.15. The van der Waals surface area contributed by atoms with Gasteiger partial charge >= 0.3 is 5.97 Å². The van der Waals surface area contributed by atoms with E-state index in [0.717, 1.165) is 37.1 Å². The number of rotatable bonds is 12. The molecule has 0 unspecified atom stereocenters. The second kappa shape index (κ2) is 11.1. The fourth-order valence-corrected chi connectivity index (χ4v) is 3.61. The number of anilines is 1. The van der Waals surface area contributed by atoms with Crippen LogP contribution in [0.3, 0.4) is 0 Å². The van der Waals surface area contributed by atoms with Crippen LogP contribution in [-0.2, 0) is 9.59 Å². The molecule has 0 radical (unpaired) electrons. The van der Waals surface area contributed by atoms with E-state index in [1.807, 2.05) is 29.2 Å². The van der Waals surface area contributed by atoms with Gasteiger partial charge in [0.1, 0.15) is 17.2 Å². The highest BCUT2D eigenvalue weighted by atomic mass is 16.5. The maximum absolute atomic E-state index is 13.1. The summed E-state index contributed by atoms with van der Waals surface area (Å²) in [7, 11) is 0. The van der Waals surface area contributed by atoms with Crippen molar-refractivity contribution in [2.45, 2.75) is 64.6 Å². The van der Waals surface area contributed by atoms with Crippen LogP contribution in [0.4, 0.5) is 5.69 Å². The maximum Gasteiger partial charge on any atom is 0.347 e. The van der Waals surface area contributed by atoms with E-state index in [4.69, 9.17) is 14.2 Å². The highest BCUT2D eigenvalue weighted by Gasteiger charge is 2.34. The molecule has 178 valence electrons. The Hall–Kier alpha value is -3.22. The van der Waals surface area contributed by atoms with Crippen molar-refractivity contribution in [3.8, 4) is 17.2 Å². The molecule has 3 rings (SSSR count). The van der Waals surface area contributed by atoms with Crippen LogP contribution in [0.15, 0.2) is 48.5 Å². The molecule has 1 amide bonds. The Kier molecular flexibility index (Phi) is 8.20. The number of benzene rings is 2. The fraction of sp³-hybridized carbons (Fsp3) is 0.462. The predicted molar refractivity (Wildman–Crippen MR) is 126 cm³/mol. The van der Waals surface area contributed by atoms with Crippen LogP contribution in [0, 0.1) is 0 Å². The largest absolute Gasteiger partial charge is 0.493 e. The van der Waals surface area contributed by atoms with Crippen LogP contribution >= 0.6 is 0 Å². The van der Waals surface area contributed by atoms with Crippen molar-refractivity contribution in [1.82, 2.24) is 0 Å². The molecule has 0 saturated carbocycles. The average Bonchev–Trinajstić information content (AvgIpc) is 2.79. The molecule has 7 nitrogen and oxygen atoms in total. The van der Waals surface area contributed by atoms with Gasteiger partial charge in [0.2, 0.25) is 0 Å². The molecular weight excluding hydrogens is 422 g/mol. The average molecular weight is 456 g/mol. The summed E-state index contributed by atoms with van der Waals surface area (Å²) in [5.74, 6) is 0.695. The molecule has 0 fully saturated rings. The van der Waals surface area contributed by atoms with Crippen molar-refractivity contribution in [2.75, 3.05) is 18.1 Å². The van der Waals surface area contributed by atoms with Crippen molar-refractivity contribution in [3.05, 3.63) is 48.5 Å². The number of hydrogen-bond donors (Lipinski definition) is 1. The quantitative estimate of drug-likeness (QED) is 0.450. The number of carbonyl (C=O) groups excluding carboxylic acids is 1. The Morgan fingerprint density at radius 2 is 1.76 bits per heavy atom. The Bertz CT molecular complexity index is 940. The first-order valence-electron chi connectivity index (χ1n) is 11.5. The minimum Gasteiger partial charge on any atom is -0.493 e. The lowest BCUT2D eigenvalue weighted by molar-refractivity contribution is -0.152. The van der Waals surface area contributed by atoms with Gasteiger partial charge in [0, 0.05) is 13.0 Å². The van der Waals surface area contributed by atoms with Crippen LogP contribution in [0.2, 0.25) is 0 Å². The molecule has 0 saturated heterocycles. The van der Waals surface area contributed by atoms with Gasteiger partial charge in [-0.15, -0.1) is 0 Å². The molecule has 1 heterocycles. The van der Waals surface area contributed by atoms with Crippen molar-refractivity contribution in [1.29, 1.82) is 0 Å². The zero-order valence-corrected chi connectivity index (χ0v) is 19.6. The van der Waals surface area contributed by atoms with E-state index in [-0.39, 0.29) is 5.91 Å². The van der Waals surface area contributed by atoms with E-state index in [9.17, 15) is 14.7 Å². The number of amides is 1. The van der Waals surface area contributed by atoms with Gasteiger partial charge in [-0.1, -0.05) is 38.3 Å². The number of para-hydroxylation sites is 2. The second-order valence-corrected chi connectivity index (χ2v) is 8.65. The summed E-state index contributed by atoms with van der Waals surface area (Å²) < 4.78 is 17.3. The normalized spacial score (nSPS) is 15.5. The first-order chi connectivity index (χ1) is 15.8. The minimum absolute atomic E-state index is 0.0338. The Morgan fingerprint density at radius 3 is 2.45 bits per heavy atom. The number of unbranched alkanes of at least 4 members (excludes halogenated alkanes) is 3. The molecule has 0 aliphatic carbocycles. The number of aliphatic carboxylic acids is 1. The topological polar surface area (TPSA) is 85.3 Å². The van der Waals surface area contributed by atoms with Crippen LogP contribution in [-0.4, -0.2) is 41.8 Å². The Balaban J connectivity index is 1.56. The molecule has 1 aliphatic heterocycles. The highest BCUT2D eigenvalue weighted by Crippen LogP contribution is 2.34. The van der Waals surface area contributed by atoms with Crippen molar-refractivity contribution < 1.29 is 28.9 Å². The molecule has 1 aliphatic rings. The SMILES string of the molecule is CCCCCCN1C(=O)[C@H](CCOc2ccc(OC(C)(C)C(=O)O)cc2)Oc2ccccc21. The zero-order chi connectivity index (χ0) is 23.8. The Morgan fingerprint density at radius 1 is 1.06 bits per heavy atom. The lowest BCUT2D eigenvalue weighted by atomic mass is 10.1. The third kappa shape index (κ3) is 6.40. The lowest BCUT2D eigenvalue weighted by Crippen LogP contribution is -2.46. The van der Waals surface area contributed by atoms with Crippen molar-refractivity contribution >= 4 is 17.6 Å². The number of hydrogen-bond acceptors (Lipinski definition) is 5. The number of fused-ring (bicyclic) bond motifs is 1. The minimum atomic E-state index is -1.32. The third-order valence-corrected chi connectivity index (χ3v) is 5.56. The molecule has 2 aromatic carbocycles. The predicted octanol–water partition coefficient (Wildman–Crippen LogP) is 5.07. The molecule has 1 atom stereocenters. The number of nitrogens with zero attached hydrogens (tertiary/aromatic N) is 1. The van der Waals surface area contributed by atoms with E-state index in [1.165, 1.54) is 13.8 Å². The Labute approximate surface area is 195 Å². The summed E-state index contributed by atoms with van der Waals surface area (Å²) >= 11 is 0. The van der Waals surface area contributed by atoms with Gasteiger partial charge in [-0.05, 0) is 56.7 Å². The number of carbonyl (C=O) groups is 2. The van der Waals surface area contributed by atoms with Crippen LogP contribution in [0.5, 0.6) is 17.2 Å². The lowest BCUT2D eigenvalue weighted by Gasteiger charge is -2.34. The van der Waals surface area contributed by atoms with Crippen molar-refractivity contribution in [2.24, 2.45) is 0 Å². The smallest absolute Gasteiger partial charge is 0.347 e. The van der Waals surface area contributed by atoms with Gasteiger partial charge in [0.25, 0.3) is 5.91 Å². The summed E-state index contributed by atoms with van der Waals surface area (Å²) in [5, 5.41) is 9.18. The second-order valence-electron chi connectivity index (χ2n) is 8.65. The van der Waals surface area contributed by atoms with Gasteiger partial charge < -0.3 is 24.2 Å². The summed E-state index contributed by atoms with van der Waals surface area (Å²) in [5.41, 5.74) is -0.490. The molecular formula is C26H33NO6. The summed E-state index contributed by atoms with van der Waals surface area (Å²) in [6.07, 6.45) is 4.20. The van der Waals surface area contributed by atoms with Gasteiger partial charge in [0.05, 0.1) is 12.3 Å². The van der Waals surface area contributed by atoms with E-state index >= 15 is 0 Å². The molecule has 7 heteroatoms. The maximum atomic E-state index is 13.1. The van der Waals surface area contributed by atoms with Crippen molar-refractivity contribution in [3.63, 3.8) is 0 Å². The number of ether oxygens (including phenoxy) is 3. The van der Waals surface area contributed by atoms with E-state index in [0.29, 0.717) is 31.1 Å². The van der Waals surface area contributed by atoms with E-state index < -0.39 is 17.7 Å². The summed E-state index contributed by atoms with van der Waals surface area (Å²) in [6, 6.07) is 14.4. The third-order valence-electron chi connectivity index (χ3n) is 5.56. The zero-order valence-electron chi connectivity index (χ0n) is 19.6. The van der Waals surface area contributed by atoms with Gasteiger partial charge in [-0.2, -0.15) is 0 Å². The highest BCUT2D eigenvalue weighted by molar-refractivity contribution is 6.00. The molecule has 0 bridgehead atoms. The molecule has 33 heavy (non-hydrogen) atoms. The summed E-state index contributed by atoms with van der Waals surface area (Å²) in [4.78, 5) is 26.2. The van der Waals surface area contributed by atoms with Gasteiger partial charge in [-0.25, -0.2) is 4.79 Å². The first kappa shape index (κ1) is 24.4. The van der Waals surface area contributed by atoms with Crippen LogP contribution in [0.1, 0.15) is 52.9 Å². The fourth-order valence-electron chi connectivity index (χ4n) is 3.61. The molecule has 0 spiro atoms. The first-order valence-corrected chi connectivity index (χ1v) is 11.5. The molecule has 2 aromatic rings. The van der Waals surface area contributed by atoms with Crippen LogP contribution in [0.25, 0.3) is 0 Å². The standard InChI is InChI=1S/C26H33NO6/c1-4-5-6-9-17-27-21-10-7-8-11-22(21)32-23(24(27)28)16-18-31-19-12-14-20(15-13-19)33-26(2,3)25(29)30/h7-8,10-15,23H,4-6,9,16-18H2,1-3H3,(H,29,30)/t23-/m0/s1. The number of carboxylic acid groups (broad SMARTS) is 1. The van der Waals surface area contributed by atoms with Gasteiger partial charge in [0.15, 0.2) is 11.7 Å². The monoisotopic (exact) mass is 455 g/mol. The molecule has 0 aromatic heterocycles. The van der Waals surface area contributed by atoms with E-state index in [1.54, 1.807) is 24.3 Å². The van der Waals surface area contributed by atoms with Gasteiger partial charge in [-0.3, -0.25) is 4.79 Å². The molecule has 1 N–H and O–H groups in total. The van der Waals surface area contributed by atoms with Crippen LogP contribution < -0.4 is 19.1 Å².